The smallest absolute Gasteiger partial charge is 0.250 e. The Bertz CT molecular complexity index is 625. The standard InChI is InChI=1S/C13H13ClN4O/c1-7-8(2)17-18-13(11(7)12(15)16)19-10-5-3-9(14)4-6-10/h3-6H,1-2H3,(H3,15,16). The quantitative estimate of drug-likeness (QED) is 0.667. The summed E-state index contributed by atoms with van der Waals surface area (Å²) in [5.74, 6) is 0.682. The highest BCUT2D eigenvalue weighted by Gasteiger charge is 2.15. The first kappa shape index (κ1) is 13.3. The van der Waals surface area contributed by atoms with Gasteiger partial charge >= 0.3 is 0 Å². The molecule has 0 radical (unpaired) electrons. The summed E-state index contributed by atoms with van der Waals surface area (Å²) in [4.78, 5) is 0. The zero-order valence-corrected chi connectivity index (χ0v) is 11.3. The maximum absolute atomic E-state index is 7.62. The minimum absolute atomic E-state index is 0.0977. The van der Waals surface area contributed by atoms with Crippen molar-refractivity contribution < 1.29 is 4.74 Å². The van der Waals surface area contributed by atoms with Crippen molar-refractivity contribution in [2.75, 3.05) is 0 Å². The molecule has 0 aliphatic carbocycles. The number of hydrogen-bond acceptors (Lipinski definition) is 4. The van der Waals surface area contributed by atoms with Crippen LogP contribution in [0, 0.1) is 19.3 Å². The van der Waals surface area contributed by atoms with Gasteiger partial charge in [0.25, 0.3) is 0 Å². The van der Waals surface area contributed by atoms with Crippen molar-refractivity contribution in [3.8, 4) is 11.6 Å². The summed E-state index contributed by atoms with van der Waals surface area (Å²) < 4.78 is 5.61. The summed E-state index contributed by atoms with van der Waals surface area (Å²) in [7, 11) is 0. The van der Waals surface area contributed by atoms with Crippen LogP contribution in [-0.2, 0) is 0 Å². The third-order valence-corrected chi connectivity index (χ3v) is 2.97. The average Bonchev–Trinajstić information content (AvgIpc) is 2.36. The molecule has 0 aliphatic heterocycles. The number of benzene rings is 1. The molecule has 5 nitrogen and oxygen atoms in total. The maximum atomic E-state index is 7.62. The number of nitrogens with zero attached hydrogens (tertiary/aromatic N) is 2. The number of aromatic nitrogens is 2. The van der Waals surface area contributed by atoms with Crippen LogP contribution in [0.4, 0.5) is 0 Å². The van der Waals surface area contributed by atoms with Crippen molar-refractivity contribution in [1.29, 1.82) is 5.41 Å². The van der Waals surface area contributed by atoms with Crippen molar-refractivity contribution in [2.45, 2.75) is 13.8 Å². The van der Waals surface area contributed by atoms with Crippen LogP contribution in [0.3, 0.4) is 0 Å². The van der Waals surface area contributed by atoms with Gasteiger partial charge in [-0.3, -0.25) is 5.41 Å². The molecule has 0 unspecified atom stereocenters. The van der Waals surface area contributed by atoms with Gasteiger partial charge in [-0.2, -0.15) is 5.10 Å². The van der Waals surface area contributed by atoms with Gasteiger partial charge in [0.1, 0.15) is 11.6 Å². The molecule has 3 N–H and O–H groups in total. The lowest BCUT2D eigenvalue weighted by molar-refractivity contribution is 0.452. The van der Waals surface area contributed by atoms with Gasteiger partial charge in [0.15, 0.2) is 0 Å². The van der Waals surface area contributed by atoms with E-state index in [9.17, 15) is 0 Å². The number of nitrogens with two attached hydrogens (primary N) is 1. The molecule has 1 heterocycles. The fourth-order valence-corrected chi connectivity index (χ4v) is 1.72. The third-order valence-electron chi connectivity index (χ3n) is 2.72. The molecule has 98 valence electrons. The van der Waals surface area contributed by atoms with Gasteiger partial charge < -0.3 is 10.5 Å². The zero-order chi connectivity index (χ0) is 14.0. The molecule has 1 aromatic heterocycles. The van der Waals surface area contributed by atoms with E-state index in [-0.39, 0.29) is 11.7 Å². The first-order valence-corrected chi connectivity index (χ1v) is 5.98. The van der Waals surface area contributed by atoms with Crippen LogP contribution >= 0.6 is 11.6 Å². The lowest BCUT2D eigenvalue weighted by Gasteiger charge is -2.12. The molecule has 6 heteroatoms. The first-order valence-electron chi connectivity index (χ1n) is 5.60. The number of aryl methyl sites for hydroxylation is 1. The van der Waals surface area contributed by atoms with E-state index in [2.05, 4.69) is 10.2 Å². The highest BCUT2D eigenvalue weighted by Crippen LogP contribution is 2.26. The molecule has 0 atom stereocenters. The summed E-state index contributed by atoms with van der Waals surface area (Å²) >= 11 is 5.80. The molecule has 2 rings (SSSR count). The molecule has 0 saturated carbocycles. The van der Waals surface area contributed by atoms with Crippen molar-refractivity contribution in [1.82, 2.24) is 10.2 Å². The second-order valence-electron chi connectivity index (χ2n) is 4.06. The molecule has 0 amide bonds. The van der Waals surface area contributed by atoms with E-state index in [0.29, 0.717) is 22.0 Å². The lowest BCUT2D eigenvalue weighted by atomic mass is 10.1. The molecule has 19 heavy (non-hydrogen) atoms. The lowest BCUT2D eigenvalue weighted by Crippen LogP contribution is -2.16. The van der Waals surface area contributed by atoms with Crippen LogP contribution in [0.1, 0.15) is 16.8 Å². The van der Waals surface area contributed by atoms with Gasteiger partial charge in [-0.15, -0.1) is 5.10 Å². The second kappa shape index (κ2) is 5.24. The van der Waals surface area contributed by atoms with Crippen molar-refractivity contribution in [3.05, 3.63) is 46.1 Å². The van der Waals surface area contributed by atoms with Crippen LogP contribution in [-0.4, -0.2) is 16.0 Å². The van der Waals surface area contributed by atoms with Gasteiger partial charge in [0, 0.05) is 5.02 Å². The Labute approximate surface area is 115 Å². The predicted octanol–water partition coefficient (Wildman–Crippen LogP) is 2.82. The highest BCUT2D eigenvalue weighted by molar-refractivity contribution is 6.30. The first-order chi connectivity index (χ1) is 8.99. The van der Waals surface area contributed by atoms with Crippen LogP contribution in [0.25, 0.3) is 0 Å². The molecule has 0 saturated heterocycles. The molecule has 0 bridgehead atoms. The Hall–Kier alpha value is -2.14. The van der Waals surface area contributed by atoms with E-state index in [4.69, 9.17) is 27.5 Å². The van der Waals surface area contributed by atoms with E-state index in [0.717, 1.165) is 5.56 Å². The topological polar surface area (TPSA) is 84.9 Å². The SMILES string of the molecule is Cc1nnc(Oc2ccc(Cl)cc2)c(C(=N)N)c1C. The minimum atomic E-state index is -0.0977. The third kappa shape index (κ3) is 2.82. The largest absolute Gasteiger partial charge is 0.437 e. The Morgan fingerprint density at radius 3 is 2.42 bits per heavy atom. The summed E-state index contributed by atoms with van der Waals surface area (Å²) in [5, 5.41) is 16.2. The fourth-order valence-electron chi connectivity index (χ4n) is 1.59. The summed E-state index contributed by atoms with van der Waals surface area (Å²) in [5.41, 5.74) is 7.54. The fraction of sp³-hybridized carbons (Fsp3) is 0.154. The van der Waals surface area contributed by atoms with Crippen LogP contribution in [0.2, 0.25) is 5.02 Å². The molecule has 0 fully saturated rings. The molecule has 0 spiro atoms. The Morgan fingerprint density at radius 2 is 1.84 bits per heavy atom. The number of ether oxygens (including phenoxy) is 1. The van der Waals surface area contributed by atoms with Crippen molar-refractivity contribution in [2.24, 2.45) is 5.73 Å². The monoisotopic (exact) mass is 276 g/mol. The minimum Gasteiger partial charge on any atom is -0.437 e. The number of amidine groups is 1. The molecular formula is C13H13ClN4O. The number of halogens is 1. The molecule has 2 aromatic rings. The predicted molar refractivity (Wildman–Crippen MR) is 74.0 cm³/mol. The van der Waals surface area contributed by atoms with Gasteiger partial charge in [-0.1, -0.05) is 11.6 Å². The van der Waals surface area contributed by atoms with Crippen molar-refractivity contribution >= 4 is 17.4 Å². The highest BCUT2D eigenvalue weighted by atomic mass is 35.5. The number of nitrogens with one attached hydrogen (secondary N) is 1. The normalized spacial score (nSPS) is 10.3. The average molecular weight is 277 g/mol. The van der Waals surface area contributed by atoms with Gasteiger partial charge in [0.2, 0.25) is 5.88 Å². The van der Waals surface area contributed by atoms with Crippen LogP contribution in [0.15, 0.2) is 24.3 Å². The van der Waals surface area contributed by atoms with E-state index >= 15 is 0 Å². The van der Waals surface area contributed by atoms with E-state index in [1.165, 1.54) is 0 Å². The molecular weight excluding hydrogens is 264 g/mol. The summed E-state index contributed by atoms with van der Waals surface area (Å²) in [6, 6.07) is 6.84. The van der Waals surface area contributed by atoms with E-state index < -0.39 is 0 Å². The number of hydrogen-bond donors (Lipinski definition) is 2. The summed E-state index contributed by atoms with van der Waals surface area (Å²) in [6.07, 6.45) is 0. The van der Waals surface area contributed by atoms with Gasteiger partial charge in [0.05, 0.1) is 11.3 Å². The second-order valence-corrected chi connectivity index (χ2v) is 4.50. The molecule has 0 aliphatic rings. The Morgan fingerprint density at radius 1 is 1.21 bits per heavy atom. The van der Waals surface area contributed by atoms with Gasteiger partial charge in [-0.25, -0.2) is 0 Å². The van der Waals surface area contributed by atoms with Gasteiger partial charge in [-0.05, 0) is 43.7 Å². The summed E-state index contributed by atoms with van der Waals surface area (Å²) in [6.45, 7) is 3.64. The Balaban J connectivity index is 2.42. The van der Waals surface area contributed by atoms with E-state index in [1.807, 2.05) is 6.92 Å². The van der Waals surface area contributed by atoms with Crippen LogP contribution < -0.4 is 10.5 Å². The molecule has 1 aromatic carbocycles. The zero-order valence-electron chi connectivity index (χ0n) is 10.6. The number of rotatable bonds is 3. The van der Waals surface area contributed by atoms with Crippen molar-refractivity contribution in [3.63, 3.8) is 0 Å². The Kier molecular flexibility index (Phi) is 3.66. The van der Waals surface area contributed by atoms with E-state index in [1.54, 1.807) is 31.2 Å². The maximum Gasteiger partial charge on any atom is 0.250 e. The number of nitrogen functional groups attached to an aromatic ring is 1. The van der Waals surface area contributed by atoms with Crippen LogP contribution in [0.5, 0.6) is 11.6 Å².